The van der Waals surface area contributed by atoms with Gasteiger partial charge in [0.2, 0.25) is 0 Å². The lowest BCUT2D eigenvalue weighted by atomic mass is 9.96. The molecule has 0 aliphatic carbocycles. The summed E-state index contributed by atoms with van der Waals surface area (Å²) < 4.78 is 0. The molecule has 0 saturated carbocycles. The third-order valence-corrected chi connectivity index (χ3v) is 3.80. The van der Waals surface area contributed by atoms with Gasteiger partial charge in [0.15, 0.2) is 0 Å². The molecule has 0 saturated heterocycles. The third-order valence-electron chi connectivity index (χ3n) is 3.57. The van der Waals surface area contributed by atoms with Crippen molar-refractivity contribution in [2.45, 2.75) is 46.3 Å². The zero-order valence-corrected chi connectivity index (χ0v) is 12.3. The predicted molar refractivity (Wildman–Crippen MR) is 78.0 cm³/mol. The summed E-state index contributed by atoms with van der Waals surface area (Å²) in [5, 5.41) is 14.1. The molecule has 1 unspecified atom stereocenters. The summed E-state index contributed by atoms with van der Waals surface area (Å²) in [6, 6.07) is 5.91. The second-order valence-electron chi connectivity index (χ2n) is 4.85. The number of hydrogen-bond acceptors (Lipinski definition) is 2. The molecule has 0 spiro atoms. The maximum absolute atomic E-state index is 10.0. The first-order valence-electron chi connectivity index (χ1n) is 6.72. The number of benzene rings is 1. The Kier molecular flexibility index (Phi) is 6.69. The average Bonchev–Trinajstić information content (AvgIpc) is 2.33. The van der Waals surface area contributed by atoms with E-state index in [1.807, 2.05) is 18.2 Å². The normalized spacial score (nSPS) is 13.0. The molecule has 1 aromatic rings. The van der Waals surface area contributed by atoms with E-state index in [1.54, 1.807) is 0 Å². The highest BCUT2D eigenvalue weighted by molar-refractivity contribution is 6.30. The van der Waals surface area contributed by atoms with Crippen LogP contribution in [0.2, 0.25) is 5.02 Å². The van der Waals surface area contributed by atoms with Crippen LogP contribution in [0.25, 0.3) is 0 Å². The highest BCUT2D eigenvalue weighted by atomic mass is 35.5. The zero-order valence-electron chi connectivity index (χ0n) is 11.5. The third kappa shape index (κ3) is 4.60. The Balaban J connectivity index is 2.41. The minimum absolute atomic E-state index is 0.257. The van der Waals surface area contributed by atoms with E-state index in [-0.39, 0.29) is 6.10 Å². The van der Waals surface area contributed by atoms with Crippen LogP contribution in [-0.2, 0) is 6.54 Å². The van der Waals surface area contributed by atoms with Gasteiger partial charge in [0, 0.05) is 18.1 Å². The smallest absolute Gasteiger partial charge is 0.0692 e. The van der Waals surface area contributed by atoms with Crippen LogP contribution < -0.4 is 5.32 Å². The van der Waals surface area contributed by atoms with E-state index in [9.17, 15) is 5.11 Å². The number of aryl methyl sites for hydroxylation is 1. The minimum atomic E-state index is -0.257. The summed E-state index contributed by atoms with van der Waals surface area (Å²) in [7, 11) is 0. The summed E-state index contributed by atoms with van der Waals surface area (Å²) in [6.45, 7) is 7.73. The molecular formula is C15H24ClNO. The topological polar surface area (TPSA) is 32.3 Å². The zero-order chi connectivity index (χ0) is 13.5. The van der Waals surface area contributed by atoms with Gasteiger partial charge in [-0.05, 0) is 36.1 Å². The van der Waals surface area contributed by atoms with Crippen LogP contribution in [0.1, 0.15) is 37.8 Å². The van der Waals surface area contributed by atoms with Crippen molar-refractivity contribution in [2.24, 2.45) is 5.92 Å². The Morgan fingerprint density at radius 3 is 2.50 bits per heavy atom. The lowest BCUT2D eigenvalue weighted by molar-refractivity contribution is 0.101. The van der Waals surface area contributed by atoms with Crippen LogP contribution in [0, 0.1) is 12.8 Å². The van der Waals surface area contributed by atoms with Crippen LogP contribution in [0.4, 0.5) is 0 Å². The second-order valence-corrected chi connectivity index (χ2v) is 5.28. The van der Waals surface area contributed by atoms with Gasteiger partial charge in [-0.1, -0.05) is 44.4 Å². The Hall–Kier alpha value is -0.570. The molecular weight excluding hydrogens is 246 g/mol. The monoisotopic (exact) mass is 269 g/mol. The highest BCUT2D eigenvalue weighted by Crippen LogP contribution is 2.15. The number of aliphatic hydroxyl groups excluding tert-OH is 1. The summed E-state index contributed by atoms with van der Waals surface area (Å²) in [5.41, 5.74) is 2.42. The molecule has 1 aromatic carbocycles. The highest BCUT2D eigenvalue weighted by Gasteiger charge is 2.14. The van der Waals surface area contributed by atoms with Gasteiger partial charge in [0.25, 0.3) is 0 Å². The summed E-state index contributed by atoms with van der Waals surface area (Å²) >= 11 is 5.92. The maximum atomic E-state index is 10.0. The van der Waals surface area contributed by atoms with Gasteiger partial charge in [0.1, 0.15) is 0 Å². The van der Waals surface area contributed by atoms with Gasteiger partial charge >= 0.3 is 0 Å². The molecule has 2 nitrogen and oxygen atoms in total. The number of nitrogens with one attached hydrogen (secondary N) is 1. The summed E-state index contributed by atoms with van der Waals surface area (Å²) in [6.07, 6.45) is 1.80. The first-order chi connectivity index (χ1) is 8.58. The Labute approximate surface area is 115 Å². The largest absolute Gasteiger partial charge is 0.392 e. The predicted octanol–water partition coefficient (Wildman–Crippen LogP) is 3.54. The minimum Gasteiger partial charge on any atom is -0.392 e. The van der Waals surface area contributed by atoms with Gasteiger partial charge in [-0.15, -0.1) is 0 Å². The molecule has 3 heteroatoms. The number of aliphatic hydroxyl groups is 1. The molecule has 0 aliphatic heterocycles. The standard InChI is InChI=1S/C15H24ClNO/c1-4-12(5-2)15(18)10-17-9-13-6-7-14(16)8-11(13)3/h6-8,12,15,17-18H,4-5,9-10H2,1-3H3. The van der Waals surface area contributed by atoms with Crippen molar-refractivity contribution in [1.82, 2.24) is 5.32 Å². The SMILES string of the molecule is CCC(CC)C(O)CNCc1ccc(Cl)cc1C. The van der Waals surface area contributed by atoms with Crippen LogP contribution in [0.3, 0.4) is 0 Å². The van der Waals surface area contributed by atoms with Crippen LogP contribution in [0.15, 0.2) is 18.2 Å². The van der Waals surface area contributed by atoms with Crippen molar-refractivity contribution >= 4 is 11.6 Å². The van der Waals surface area contributed by atoms with Crippen molar-refractivity contribution in [3.8, 4) is 0 Å². The number of hydrogen-bond donors (Lipinski definition) is 2. The van der Waals surface area contributed by atoms with Crippen molar-refractivity contribution < 1.29 is 5.11 Å². The van der Waals surface area contributed by atoms with Gasteiger partial charge < -0.3 is 10.4 Å². The lowest BCUT2D eigenvalue weighted by Gasteiger charge is -2.20. The van der Waals surface area contributed by atoms with Gasteiger partial charge in [-0.2, -0.15) is 0 Å². The fraction of sp³-hybridized carbons (Fsp3) is 0.600. The summed E-state index contributed by atoms with van der Waals surface area (Å²) in [5.74, 6) is 0.392. The van der Waals surface area contributed by atoms with Gasteiger partial charge in [-0.3, -0.25) is 0 Å². The van der Waals surface area contributed by atoms with E-state index in [0.29, 0.717) is 12.5 Å². The Morgan fingerprint density at radius 1 is 1.28 bits per heavy atom. The fourth-order valence-corrected chi connectivity index (χ4v) is 2.44. The van der Waals surface area contributed by atoms with Crippen LogP contribution in [-0.4, -0.2) is 17.8 Å². The molecule has 1 atom stereocenters. The fourth-order valence-electron chi connectivity index (χ4n) is 2.21. The van der Waals surface area contributed by atoms with Crippen molar-refractivity contribution in [1.29, 1.82) is 0 Å². The molecule has 0 bridgehead atoms. The second kappa shape index (κ2) is 7.78. The molecule has 2 N–H and O–H groups in total. The van der Waals surface area contributed by atoms with E-state index in [4.69, 9.17) is 11.6 Å². The molecule has 1 rings (SSSR count). The van der Waals surface area contributed by atoms with E-state index in [1.165, 1.54) is 11.1 Å². The van der Waals surface area contributed by atoms with E-state index in [2.05, 4.69) is 26.1 Å². The molecule has 0 aliphatic rings. The molecule has 0 heterocycles. The first kappa shape index (κ1) is 15.5. The first-order valence-corrected chi connectivity index (χ1v) is 7.10. The van der Waals surface area contributed by atoms with Crippen LogP contribution in [0.5, 0.6) is 0 Å². The number of rotatable bonds is 7. The van der Waals surface area contributed by atoms with Crippen molar-refractivity contribution in [3.05, 3.63) is 34.3 Å². The quantitative estimate of drug-likeness (QED) is 0.794. The molecule has 0 fully saturated rings. The van der Waals surface area contributed by atoms with Gasteiger partial charge in [-0.25, -0.2) is 0 Å². The van der Waals surface area contributed by atoms with E-state index >= 15 is 0 Å². The maximum Gasteiger partial charge on any atom is 0.0692 e. The molecule has 18 heavy (non-hydrogen) atoms. The Morgan fingerprint density at radius 2 is 1.94 bits per heavy atom. The van der Waals surface area contributed by atoms with E-state index < -0.39 is 0 Å². The van der Waals surface area contributed by atoms with Crippen molar-refractivity contribution in [2.75, 3.05) is 6.54 Å². The van der Waals surface area contributed by atoms with Crippen molar-refractivity contribution in [3.63, 3.8) is 0 Å². The average molecular weight is 270 g/mol. The molecule has 0 radical (unpaired) electrons. The molecule has 102 valence electrons. The lowest BCUT2D eigenvalue weighted by Crippen LogP contribution is -2.32. The number of halogens is 1. The van der Waals surface area contributed by atoms with Gasteiger partial charge in [0.05, 0.1) is 6.10 Å². The molecule has 0 amide bonds. The van der Waals surface area contributed by atoms with Crippen LogP contribution >= 0.6 is 11.6 Å². The molecule has 0 aromatic heterocycles. The van der Waals surface area contributed by atoms with E-state index in [0.717, 1.165) is 24.4 Å². The Bertz CT molecular complexity index is 364. The summed E-state index contributed by atoms with van der Waals surface area (Å²) in [4.78, 5) is 0.